The lowest BCUT2D eigenvalue weighted by atomic mass is 10.1. The average Bonchev–Trinajstić information content (AvgIpc) is 2.91. The van der Waals surface area contributed by atoms with Gasteiger partial charge in [0, 0.05) is 0 Å². The first kappa shape index (κ1) is 12.1. The second-order valence-electron chi connectivity index (χ2n) is 4.32. The third-order valence-corrected chi connectivity index (χ3v) is 2.85. The molecule has 3 N–H and O–H groups in total. The number of nitrogens with one attached hydrogen (secondary N) is 2. The van der Waals surface area contributed by atoms with Crippen LogP contribution in [0.25, 0.3) is 22.8 Å². The molecule has 0 saturated heterocycles. The Balaban J connectivity index is 2.17. The smallest absolute Gasteiger partial charge is 0.263 e. The molecule has 0 fully saturated rings. The number of aryl methyl sites for hydroxylation is 1. The zero-order valence-electron chi connectivity index (χ0n) is 10.6. The van der Waals surface area contributed by atoms with E-state index in [-0.39, 0.29) is 23.1 Å². The van der Waals surface area contributed by atoms with Crippen LogP contribution in [0.1, 0.15) is 5.56 Å². The van der Waals surface area contributed by atoms with Crippen LogP contribution in [0.4, 0.5) is 0 Å². The third kappa shape index (κ3) is 2.05. The van der Waals surface area contributed by atoms with Gasteiger partial charge in [-0.05, 0) is 12.5 Å². The van der Waals surface area contributed by atoms with Crippen molar-refractivity contribution in [2.24, 2.45) is 0 Å². The van der Waals surface area contributed by atoms with Gasteiger partial charge in [-0.25, -0.2) is 4.98 Å². The highest BCUT2D eigenvalue weighted by molar-refractivity contribution is 5.68. The van der Waals surface area contributed by atoms with E-state index in [1.807, 2.05) is 19.1 Å². The first-order valence-electron chi connectivity index (χ1n) is 5.91. The maximum atomic E-state index is 12.2. The van der Waals surface area contributed by atoms with Gasteiger partial charge in [0.2, 0.25) is 5.88 Å². The van der Waals surface area contributed by atoms with Crippen LogP contribution in [0.15, 0.2) is 35.4 Å². The van der Waals surface area contributed by atoms with E-state index in [4.69, 9.17) is 0 Å². The summed E-state index contributed by atoms with van der Waals surface area (Å²) < 4.78 is 0. The predicted molar refractivity (Wildman–Crippen MR) is 72.1 cm³/mol. The van der Waals surface area contributed by atoms with Gasteiger partial charge in [0.15, 0.2) is 11.6 Å². The molecule has 0 atom stereocenters. The van der Waals surface area contributed by atoms with Gasteiger partial charge in [-0.3, -0.25) is 9.89 Å². The molecule has 1 aromatic carbocycles. The highest BCUT2D eigenvalue weighted by Crippen LogP contribution is 2.25. The SMILES string of the molecule is Cc1cccc(-c2c(O)nc(-c3ncn[nH]3)[nH]c2=O)c1. The molecule has 0 amide bonds. The van der Waals surface area contributed by atoms with Crippen molar-refractivity contribution < 1.29 is 5.11 Å². The maximum absolute atomic E-state index is 12.2. The minimum Gasteiger partial charge on any atom is -0.493 e. The lowest BCUT2D eigenvalue weighted by Crippen LogP contribution is -2.12. The molecule has 2 heterocycles. The zero-order valence-corrected chi connectivity index (χ0v) is 10.6. The summed E-state index contributed by atoms with van der Waals surface area (Å²) in [5.41, 5.74) is 1.30. The predicted octanol–water partition coefficient (Wildman–Crippen LogP) is 1.24. The summed E-state index contributed by atoms with van der Waals surface area (Å²) in [5.74, 6) is 0.0837. The Morgan fingerprint density at radius 2 is 2.10 bits per heavy atom. The Bertz CT molecular complexity index is 808. The largest absolute Gasteiger partial charge is 0.493 e. The Labute approximate surface area is 113 Å². The summed E-state index contributed by atoms with van der Waals surface area (Å²) in [5, 5.41) is 16.3. The molecule has 0 saturated carbocycles. The van der Waals surface area contributed by atoms with Crippen LogP contribution in [-0.4, -0.2) is 30.3 Å². The Morgan fingerprint density at radius 3 is 2.75 bits per heavy atom. The number of H-pyrrole nitrogens is 2. The molecular weight excluding hydrogens is 258 g/mol. The van der Waals surface area contributed by atoms with Gasteiger partial charge in [0.1, 0.15) is 11.9 Å². The zero-order chi connectivity index (χ0) is 14.1. The summed E-state index contributed by atoms with van der Waals surface area (Å²) >= 11 is 0. The van der Waals surface area contributed by atoms with Crippen molar-refractivity contribution in [3.63, 3.8) is 0 Å². The average molecular weight is 269 g/mol. The van der Waals surface area contributed by atoms with Gasteiger partial charge < -0.3 is 10.1 Å². The number of aromatic hydroxyl groups is 1. The van der Waals surface area contributed by atoms with Crippen LogP contribution in [0.3, 0.4) is 0 Å². The molecule has 0 radical (unpaired) electrons. The molecule has 0 aliphatic rings. The number of aromatic nitrogens is 5. The molecule has 20 heavy (non-hydrogen) atoms. The van der Waals surface area contributed by atoms with E-state index >= 15 is 0 Å². The number of aromatic amines is 2. The molecule has 3 rings (SSSR count). The van der Waals surface area contributed by atoms with Gasteiger partial charge in [-0.15, -0.1) is 0 Å². The fourth-order valence-electron chi connectivity index (χ4n) is 1.95. The normalized spacial score (nSPS) is 10.7. The van der Waals surface area contributed by atoms with E-state index in [9.17, 15) is 9.90 Å². The molecule has 0 aliphatic heterocycles. The fourth-order valence-corrected chi connectivity index (χ4v) is 1.95. The fraction of sp³-hybridized carbons (Fsp3) is 0.0769. The number of hydrogen-bond acceptors (Lipinski definition) is 5. The van der Waals surface area contributed by atoms with Gasteiger partial charge in [-0.2, -0.15) is 10.1 Å². The Hall–Kier alpha value is -2.96. The van der Waals surface area contributed by atoms with Crippen molar-refractivity contribution >= 4 is 0 Å². The summed E-state index contributed by atoms with van der Waals surface area (Å²) in [7, 11) is 0. The number of rotatable bonds is 2. The second-order valence-corrected chi connectivity index (χ2v) is 4.32. The maximum Gasteiger partial charge on any atom is 0.263 e. The summed E-state index contributed by atoms with van der Waals surface area (Å²) in [6.07, 6.45) is 1.29. The van der Waals surface area contributed by atoms with Crippen LogP contribution >= 0.6 is 0 Å². The van der Waals surface area contributed by atoms with Crippen LogP contribution in [-0.2, 0) is 0 Å². The first-order chi connectivity index (χ1) is 9.65. The Kier molecular flexibility index (Phi) is 2.79. The third-order valence-electron chi connectivity index (χ3n) is 2.85. The summed E-state index contributed by atoms with van der Waals surface area (Å²) in [4.78, 5) is 22.6. The van der Waals surface area contributed by atoms with Crippen molar-refractivity contribution in [2.45, 2.75) is 6.92 Å². The second kappa shape index (κ2) is 4.61. The van der Waals surface area contributed by atoms with Gasteiger partial charge in [0.05, 0.1) is 0 Å². The lowest BCUT2D eigenvalue weighted by molar-refractivity contribution is 0.454. The van der Waals surface area contributed by atoms with Crippen LogP contribution in [0.5, 0.6) is 5.88 Å². The van der Waals surface area contributed by atoms with Crippen LogP contribution < -0.4 is 5.56 Å². The van der Waals surface area contributed by atoms with E-state index in [1.54, 1.807) is 12.1 Å². The molecule has 0 aliphatic carbocycles. The quantitative estimate of drug-likeness (QED) is 0.648. The van der Waals surface area contributed by atoms with Crippen molar-refractivity contribution in [1.29, 1.82) is 0 Å². The first-order valence-corrected chi connectivity index (χ1v) is 5.91. The molecule has 3 aromatic rings. The number of hydrogen-bond donors (Lipinski definition) is 3. The molecule has 7 nitrogen and oxygen atoms in total. The highest BCUT2D eigenvalue weighted by atomic mass is 16.3. The molecule has 7 heteroatoms. The minimum atomic E-state index is -0.436. The monoisotopic (exact) mass is 269 g/mol. The minimum absolute atomic E-state index is 0.136. The van der Waals surface area contributed by atoms with Crippen LogP contribution in [0, 0.1) is 6.92 Å². The van der Waals surface area contributed by atoms with Crippen molar-refractivity contribution in [3.8, 4) is 28.7 Å². The topological polar surface area (TPSA) is 108 Å². The molecule has 100 valence electrons. The molecule has 0 bridgehead atoms. The molecule has 2 aromatic heterocycles. The van der Waals surface area contributed by atoms with E-state index < -0.39 is 5.56 Å². The lowest BCUT2D eigenvalue weighted by Gasteiger charge is -2.05. The molecular formula is C13H11N5O2. The molecule has 0 spiro atoms. The highest BCUT2D eigenvalue weighted by Gasteiger charge is 2.15. The van der Waals surface area contributed by atoms with E-state index in [0.29, 0.717) is 5.56 Å². The van der Waals surface area contributed by atoms with Crippen molar-refractivity contribution in [1.82, 2.24) is 25.1 Å². The number of nitrogens with zero attached hydrogens (tertiary/aromatic N) is 3. The van der Waals surface area contributed by atoms with E-state index in [0.717, 1.165) is 5.56 Å². The summed E-state index contributed by atoms with van der Waals surface area (Å²) in [6.45, 7) is 1.91. The molecule has 0 unspecified atom stereocenters. The van der Waals surface area contributed by atoms with Crippen molar-refractivity contribution in [2.75, 3.05) is 0 Å². The standard InChI is InChI=1S/C13H11N5O2/c1-7-3-2-4-8(5-7)9-12(19)16-11(17-13(9)20)10-14-6-15-18-10/h2-6H,1H3,(H,14,15,18)(H2,16,17,19,20). The van der Waals surface area contributed by atoms with E-state index in [2.05, 4.69) is 25.1 Å². The van der Waals surface area contributed by atoms with E-state index in [1.165, 1.54) is 6.33 Å². The van der Waals surface area contributed by atoms with Gasteiger partial charge in [-0.1, -0.05) is 29.8 Å². The summed E-state index contributed by atoms with van der Waals surface area (Å²) in [6, 6.07) is 7.27. The van der Waals surface area contributed by atoms with Crippen molar-refractivity contribution in [3.05, 3.63) is 46.5 Å². The van der Waals surface area contributed by atoms with Crippen LogP contribution in [0.2, 0.25) is 0 Å². The van der Waals surface area contributed by atoms with Gasteiger partial charge >= 0.3 is 0 Å². The number of benzene rings is 1. The Morgan fingerprint density at radius 1 is 1.25 bits per heavy atom. The van der Waals surface area contributed by atoms with Gasteiger partial charge in [0.25, 0.3) is 5.56 Å².